The second kappa shape index (κ2) is 5.52. The van der Waals surface area contributed by atoms with Crippen LogP contribution < -0.4 is 0 Å². The van der Waals surface area contributed by atoms with Gasteiger partial charge in [-0.2, -0.15) is 5.10 Å². The Balaban J connectivity index is 2.06. The lowest BCUT2D eigenvalue weighted by Gasteiger charge is -2.09. The van der Waals surface area contributed by atoms with Gasteiger partial charge in [-0.25, -0.2) is 13.4 Å². The molecule has 0 fully saturated rings. The standard InChI is InChI=1S/C13H17N3O2S/c1-10(13-14-11(2)15-16-13)19(17,18)9-8-12-6-4-3-5-7-12/h3-7,10H,8-9H2,1-2H3,(H,14,15,16). The van der Waals surface area contributed by atoms with E-state index in [2.05, 4.69) is 15.2 Å². The number of H-pyrrole nitrogens is 1. The first kappa shape index (κ1) is 13.7. The van der Waals surface area contributed by atoms with Crippen LogP contribution in [0.4, 0.5) is 0 Å². The minimum atomic E-state index is -3.24. The van der Waals surface area contributed by atoms with Crippen molar-refractivity contribution in [3.8, 4) is 0 Å². The molecule has 1 aromatic carbocycles. The Bertz CT molecular complexity index is 635. The smallest absolute Gasteiger partial charge is 0.168 e. The summed E-state index contributed by atoms with van der Waals surface area (Å²) in [6.45, 7) is 3.38. The molecule has 1 atom stereocenters. The highest BCUT2D eigenvalue weighted by atomic mass is 32.2. The zero-order valence-electron chi connectivity index (χ0n) is 11.0. The van der Waals surface area contributed by atoms with E-state index in [0.717, 1.165) is 5.56 Å². The van der Waals surface area contributed by atoms with Crippen LogP contribution in [0.15, 0.2) is 30.3 Å². The highest BCUT2D eigenvalue weighted by Crippen LogP contribution is 2.19. The molecule has 1 N–H and O–H groups in total. The molecule has 0 amide bonds. The van der Waals surface area contributed by atoms with Crippen LogP contribution in [0, 0.1) is 6.92 Å². The molecule has 0 saturated heterocycles. The lowest BCUT2D eigenvalue weighted by Crippen LogP contribution is -2.17. The fourth-order valence-corrected chi connectivity index (χ4v) is 3.08. The molecule has 1 aromatic heterocycles. The van der Waals surface area contributed by atoms with Crippen LogP contribution in [-0.2, 0) is 16.3 Å². The molecular weight excluding hydrogens is 262 g/mol. The second-order valence-corrected chi connectivity index (χ2v) is 6.96. The van der Waals surface area contributed by atoms with Gasteiger partial charge in [0.15, 0.2) is 15.7 Å². The van der Waals surface area contributed by atoms with Gasteiger partial charge in [0.05, 0.1) is 5.75 Å². The number of rotatable bonds is 5. The van der Waals surface area contributed by atoms with E-state index in [1.165, 1.54) is 0 Å². The summed E-state index contributed by atoms with van der Waals surface area (Å²) in [5.74, 6) is 1.07. The number of hydrogen-bond acceptors (Lipinski definition) is 4. The van der Waals surface area contributed by atoms with Crippen molar-refractivity contribution in [2.45, 2.75) is 25.5 Å². The number of benzene rings is 1. The molecule has 1 heterocycles. The van der Waals surface area contributed by atoms with Crippen LogP contribution in [0.2, 0.25) is 0 Å². The van der Waals surface area contributed by atoms with Gasteiger partial charge in [-0.15, -0.1) is 0 Å². The highest BCUT2D eigenvalue weighted by Gasteiger charge is 2.25. The summed E-state index contributed by atoms with van der Waals surface area (Å²) in [5.41, 5.74) is 1.02. The van der Waals surface area contributed by atoms with E-state index >= 15 is 0 Å². The highest BCUT2D eigenvalue weighted by molar-refractivity contribution is 7.91. The Kier molecular flexibility index (Phi) is 3.99. The molecule has 0 spiro atoms. The van der Waals surface area contributed by atoms with Crippen LogP contribution in [0.1, 0.15) is 29.4 Å². The minimum Gasteiger partial charge on any atom is -0.263 e. The molecule has 6 heteroatoms. The van der Waals surface area contributed by atoms with Gasteiger partial charge in [-0.3, -0.25) is 5.10 Å². The van der Waals surface area contributed by atoms with Crippen molar-refractivity contribution < 1.29 is 8.42 Å². The molecule has 0 saturated carbocycles. The number of aromatic amines is 1. The molecule has 102 valence electrons. The second-order valence-electron chi connectivity index (χ2n) is 4.52. The molecule has 19 heavy (non-hydrogen) atoms. The Morgan fingerprint density at radius 3 is 2.53 bits per heavy atom. The number of hydrogen-bond donors (Lipinski definition) is 1. The Morgan fingerprint density at radius 1 is 1.26 bits per heavy atom. The molecule has 0 bridgehead atoms. The average Bonchev–Trinajstić information content (AvgIpc) is 2.83. The number of nitrogens with one attached hydrogen (secondary N) is 1. The van der Waals surface area contributed by atoms with Gasteiger partial charge in [-0.05, 0) is 25.8 Å². The number of aromatic nitrogens is 3. The quantitative estimate of drug-likeness (QED) is 0.906. The number of nitrogens with zero attached hydrogens (tertiary/aromatic N) is 2. The van der Waals surface area contributed by atoms with Crippen LogP contribution in [-0.4, -0.2) is 29.4 Å². The SMILES string of the molecule is Cc1nc(C(C)S(=O)(=O)CCc2ccccc2)n[nH]1. The van der Waals surface area contributed by atoms with Crippen molar-refractivity contribution >= 4 is 9.84 Å². The summed E-state index contributed by atoms with van der Waals surface area (Å²) in [5, 5.41) is 5.91. The van der Waals surface area contributed by atoms with Gasteiger partial charge in [0.2, 0.25) is 0 Å². The summed E-state index contributed by atoms with van der Waals surface area (Å²) >= 11 is 0. The summed E-state index contributed by atoms with van der Waals surface area (Å²) < 4.78 is 24.4. The van der Waals surface area contributed by atoms with Gasteiger partial charge in [0.1, 0.15) is 11.1 Å². The monoisotopic (exact) mass is 279 g/mol. The van der Waals surface area contributed by atoms with Crippen molar-refractivity contribution in [1.82, 2.24) is 15.2 Å². The van der Waals surface area contributed by atoms with Crippen molar-refractivity contribution in [2.24, 2.45) is 0 Å². The van der Waals surface area contributed by atoms with Gasteiger partial charge < -0.3 is 0 Å². The predicted octanol–water partition coefficient (Wildman–Crippen LogP) is 1.83. The topological polar surface area (TPSA) is 75.7 Å². The third-order valence-electron chi connectivity index (χ3n) is 3.03. The molecule has 0 aliphatic heterocycles. The van der Waals surface area contributed by atoms with E-state index in [-0.39, 0.29) is 5.75 Å². The average molecular weight is 279 g/mol. The van der Waals surface area contributed by atoms with Gasteiger partial charge >= 0.3 is 0 Å². The van der Waals surface area contributed by atoms with E-state index in [9.17, 15) is 8.42 Å². The lowest BCUT2D eigenvalue weighted by atomic mass is 10.2. The van der Waals surface area contributed by atoms with Crippen LogP contribution >= 0.6 is 0 Å². The van der Waals surface area contributed by atoms with Crippen molar-refractivity contribution in [2.75, 3.05) is 5.75 Å². The zero-order valence-corrected chi connectivity index (χ0v) is 11.8. The summed E-state index contributed by atoms with van der Waals surface area (Å²) in [6.07, 6.45) is 0.511. The Hall–Kier alpha value is -1.69. The predicted molar refractivity (Wildman–Crippen MR) is 73.5 cm³/mol. The Morgan fingerprint density at radius 2 is 1.95 bits per heavy atom. The maximum Gasteiger partial charge on any atom is 0.168 e. The van der Waals surface area contributed by atoms with Crippen LogP contribution in [0.3, 0.4) is 0 Å². The molecule has 1 unspecified atom stereocenters. The van der Waals surface area contributed by atoms with Crippen molar-refractivity contribution in [3.63, 3.8) is 0 Å². The first-order valence-electron chi connectivity index (χ1n) is 6.13. The molecule has 5 nitrogen and oxygen atoms in total. The van der Waals surface area contributed by atoms with Crippen LogP contribution in [0.5, 0.6) is 0 Å². The molecule has 0 aliphatic carbocycles. The van der Waals surface area contributed by atoms with E-state index in [4.69, 9.17) is 0 Å². The summed E-state index contributed by atoms with van der Waals surface area (Å²) in [6, 6.07) is 9.58. The fraction of sp³-hybridized carbons (Fsp3) is 0.385. The van der Waals surface area contributed by atoms with Crippen molar-refractivity contribution in [3.05, 3.63) is 47.5 Å². The van der Waals surface area contributed by atoms with Crippen molar-refractivity contribution in [1.29, 1.82) is 0 Å². The van der Waals surface area contributed by atoms with Gasteiger partial charge in [0.25, 0.3) is 0 Å². The molecular formula is C13H17N3O2S. The van der Waals surface area contributed by atoms with Gasteiger partial charge in [0, 0.05) is 0 Å². The van der Waals surface area contributed by atoms with E-state index < -0.39 is 15.1 Å². The minimum absolute atomic E-state index is 0.103. The maximum absolute atomic E-state index is 12.2. The van der Waals surface area contributed by atoms with Crippen LogP contribution in [0.25, 0.3) is 0 Å². The fourth-order valence-electron chi connectivity index (χ4n) is 1.78. The molecule has 0 aliphatic rings. The largest absolute Gasteiger partial charge is 0.263 e. The third-order valence-corrected chi connectivity index (χ3v) is 5.10. The van der Waals surface area contributed by atoms with Gasteiger partial charge in [-0.1, -0.05) is 30.3 Å². The Labute approximate surface area is 113 Å². The third kappa shape index (κ3) is 3.41. The maximum atomic E-state index is 12.2. The first-order chi connectivity index (χ1) is 8.99. The summed E-state index contributed by atoms with van der Waals surface area (Å²) in [7, 11) is -3.24. The van der Waals surface area contributed by atoms with E-state index in [0.29, 0.717) is 18.1 Å². The summed E-state index contributed by atoms with van der Waals surface area (Å²) in [4.78, 5) is 4.09. The molecule has 0 radical (unpaired) electrons. The first-order valence-corrected chi connectivity index (χ1v) is 7.85. The van der Waals surface area contributed by atoms with E-state index in [1.807, 2.05) is 30.3 Å². The van der Waals surface area contributed by atoms with E-state index in [1.54, 1.807) is 13.8 Å². The number of aryl methyl sites for hydroxylation is 2. The number of sulfone groups is 1. The molecule has 2 aromatic rings. The normalized spacial score (nSPS) is 13.4. The molecule has 2 rings (SSSR count). The lowest BCUT2D eigenvalue weighted by molar-refractivity contribution is 0.582. The zero-order chi connectivity index (χ0) is 13.9.